The van der Waals surface area contributed by atoms with Crippen molar-refractivity contribution in [3.05, 3.63) is 54.6 Å². The number of anilines is 1. The number of imide groups is 1. The molecule has 2 amide bonds. The maximum atomic E-state index is 13.2. The molecule has 0 spiro atoms. The summed E-state index contributed by atoms with van der Waals surface area (Å²) < 4.78 is 0. The second-order valence-corrected chi connectivity index (χ2v) is 7.66. The predicted octanol–water partition coefficient (Wildman–Crippen LogP) is 3.40. The molecule has 2 bridgehead atoms. The number of fused-ring (bicyclic) bond motifs is 1. The van der Waals surface area contributed by atoms with Crippen LogP contribution in [0.15, 0.2) is 54.6 Å². The van der Waals surface area contributed by atoms with Crippen molar-refractivity contribution < 1.29 is 9.59 Å². The van der Waals surface area contributed by atoms with Gasteiger partial charge in [-0.1, -0.05) is 48.6 Å². The molecule has 2 saturated carbocycles. The predicted molar refractivity (Wildman–Crippen MR) is 91.1 cm³/mol. The minimum Gasteiger partial charge on any atom is -0.274 e. The Labute approximate surface area is 139 Å². The Balaban J connectivity index is 1.52. The first-order valence-electron chi connectivity index (χ1n) is 8.79. The quantitative estimate of drug-likeness (QED) is 0.597. The lowest BCUT2D eigenvalue weighted by atomic mass is 9.63. The summed E-state index contributed by atoms with van der Waals surface area (Å²) in [5, 5.41) is 2.04. The monoisotopic (exact) mass is 315 g/mol. The van der Waals surface area contributed by atoms with Crippen LogP contribution in [0.3, 0.4) is 0 Å². The van der Waals surface area contributed by atoms with Crippen LogP contribution in [0, 0.1) is 35.5 Å². The zero-order chi connectivity index (χ0) is 16.0. The summed E-state index contributed by atoms with van der Waals surface area (Å²) in [6.07, 6.45) is 5.64. The van der Waals surface area contributed by atoms with E-state index in [1.165, 1.54) is 11.3 Å². The molecule has 4 aliphatic carbocycles. The number of hydrogen-bond donors (Lipinski definition) is 0. The molecule has 3 nitrogen and oxygen atoms in total. The van der Waals surface area contributed by atoms with E-state index in [2.05, 4.69) is 12.2 Å². The van der Waals surface area contributed by atoms with Crippen molar-refractivity contribution in [2.75, 3.05) is 4.90 Å². The minimum atomic E-state index is -0.129. The van der Waals surface area contributed by atoms with Crippen molar-refractivity contribution in [2.45, 2.75) is 6.42 Å². The van der Waals surface area contributed by atoms with Gasteiger partial charge in [0.05, 0.1) is 17.5 Å². The van der Waals surface area contributed by atoms with Crippen LogP contribution in [0.5, 0.6) is 0 Å². The van der Waals surface area contributed by atoms with E-state index in [1.807, 2.05) is 42.5 Å². The van der Waals surface area contributed by atoms with Crippen molar-refractivity contribution in [1.29, 1.82) is 0 Å². The van der Waals surface area contributed by atoms with Gasteiger partial charge in [0.15, 0.2) is 0 Å². The summed E-state index contributed by atoms with van der Waals surface area (Å²) in [6.45, 7) is 0. The van der Waals surface area contributed by atoms with Crippen LogP contribution in [-0.2, 0) is 9.59 Å². The summed E-state index contributed by atoms with van der Waals surface area (Å²) in [6, 6.07) is 13.8. The summed E-state index contributed by atoms with van der Waals surface area (Å²) >= 11 is 0. The van der Waals surface area contributed by atoms with E-state index in [-0.39, 0.29) is 35.5 Å². The van der Waals surface area contributed by atoms with Crippen LogP contribution in [0.25, 0.3) is 10.8 Å². The number of hydrogen-bond acceptors (Lipinski definition) is 2. The highest BCUT2D eigenvalue weighted by Crippen LogP contribution is 2.65. The van der Waals surface area contributed by atoms with Crippen LogP contribution in [0.2, 0.25) is 0 Å². The number of benzene rings is 2. The van der Waals surface area contributed by atoms with Gasteiger partial charge in [0, 0.05) is 5.39 Å². The Morgan fingerprint density at radius 2 is 1.42 bits per heavy atom. The van der Waals surface area contributed by atoms with Crippen LogP contribution in [0.1, 0.15) is 6.42 Å². The second-order valence-electron chi connectivity index (χ2n) is 7.66. The topological polar surface area (TPSA) is 37.4 Å². The molecule has 118 valence electrons. The first kappa shape index (κ1) is 12.9. The van der Waals surface area contributed by atoms with Crippen LogP contribution >= 0.6 is 0 Å². The SMILES string of the molecule is O=C1[C@@H]2[C@H]3C=C[C@@H]([C@@H]4C[C@@H]34)[C@@H]2C(=O)N1c1cccc2ccccc12. The average Bonchev–Trinajstić information content (AvgIpc) is 3.39. The standard InChI is InChI=1S/C21H17NO2/c23-20-18-13-8-9-14(16-10-15(13)16)19(18)21(24)22(20)17-7-3-5-11-4-1-2-6-12(11)17/h1-9,13-16,18-19H,10H2/t13-,14-,15-,16-,18-,19+/m0/s1. The molecule has 2 aromatic rings. The molecule has 3 heteroatoms. The number of amides is 2. The third-order valence-electron chi connectivity index (χ3n) is 6.67. The summed E-state index contributed by atoms with van der Waals surface area (Å²) in [5.74, 6) is 1.63. The van der Waals surface area contributed by atoms with Crippen molar-refractivity contribution in [3.63, 3.8) is 0 Å². The first-order chi connectivity index (χ1) is 11.8. The molecule has 1 saturated heterocycles. The van der Waals surface area contributed by atoms with Crippen molar-refractivity contribution >= 4 is 28.3 Å². The molecule has 7 rings (SSSR count). The van der Waals surface area contributed by atoms with Gasteiger partial charge in [-0.3, -0.25) is 9.59 Å². The Kier molecular flexibility index (Phi) is 2.24. The van der Waals surface area contributed by atoms with Gasteiger partial charge < -0.3 is 0 Å². The Morgan fingerprint density at radius 3 is 2.12 bits per heavy atom. The number of carbonyl (C=O) groups excluding carboxylic acids is 2. The molecular formula is C21H17NO2. The van der Waals surface area contributed by atoms with Gasteiger partial charge in [0.25, 0.3) is 0 Å². The van der Waals surface area contributed by atoms with E-state index in [9.17, 15) is 9.59 Å². The normalized spacial score (nSPS) is 38.6. The van der Waals surface area contributed by atoms with Gasteiger partial charge in [-0.15, -0.1) is 0 Å². The van der Waals surface area contributed by atoms with E-state index >= 15 is 0 Å². The third kappa shape index (κ3) is 1.40. The van der Waals surface area contributed by atoms with Crippen LogP contribution < -0.4 is 4.90 Å². The van der Waals surface area contributed by atoms with E-state index in [4.69, 9.17) is 0 Å². The molecule has 6 atom stereocenters. The molecule has 0 aromatic heterocycles. The molecule has 24 heavy (non-hydrogen) atoms. The Bertz CT molecular complexity index is 905. The third-order valence-corrected chi connectivity index (χ3v) is 6.67. The zero-order valence-electron chi connectivity index (χ0n) is 13.1. The highest BCUT2D eigenvalue weighted by Gasteiger charge is 2.67. The van der Waals surface area contributed by atoms with Crippen LogP contribution in [-0.4, -0.2) is 11.8 Å². The highest BCUT2D eigenvalue weighted by atomic mass is 16.2. The summed E-state index contributed by atoms with van der Waals surface area (Å²) in [5.41, 5.74) is 0.755. The van der Waals surface area contributed by atoms with Crippen molar-refractivity contribution in [2.24, 2.45) is 35.5 Å². The highest BCUT2D eigenvalue weighted by molar-refractivity contribution is 6.25. The maximum Gasteiger partial charge on any atom is 0.238 e. The molecule has 3 fully saturated rings. The van der Waals surface area contributed by atoms with Crippen LogP contribution in [0.4, 0.5) is 5.69 Å². The lowest BCUT2D eigenvalue weighted by Crippen LogP contribution is -2.40. The van der Waals surface area contributed by atoms with E-state index in [1.54, 1.807) is 0 Å². The largest absolute Gasteiger partial charge is 0.274 e. The Hall–Kier alpha value is -2.42. The van der Waals surface area contributed by atoms with Crippen molar-refractivity contribution in [3.8, 4) is 0 Å². The zero-order valence-corrected chi connectivity index (χ0v) is 13.1. The van der Waals surface area contributed by atoms with Gasteiger partial charge >= 0.3 is 0 Å². The average molecular weight is 315 g/mol. The molecular weight excluding hydrogens is 298 g/mol. The lowest BCUT2D eigenvalue weighted by Gasteiger charge is -2.37. The molecule has 0 N–H and O–H groups in total. The van der Waals surface area contributed by atoms with E-state index < -0.39 is 0 Å². The number of carbonyl (C=O) groups is 2. The molecule has 0 radical (unpaired) electrons. The van der Waals surface area contributed by atoms with Gasteiger partial charge in [0.1, 0.15) is 0 Å². The maximum absolute atomic E-state index is 13.2. The summed E-state index contributed by atoms with van der Waals surface area (Å²) in [7, 11) is 0. The second kappa shape index (κ2) is 4.15. The number of allylic oxidation sites excluding steroid dienone is 2. The fourth-order valence-corrected chi connectivity index (χ4v) is 5.60. The molecule has 0 unspecified atom stereocenters. The molecule has 5 aliphatic rings. The lowest BCUT2D eigenvalue weighted by molar-refractivity contribution is -0.124. The van der Waals surface area contributed by atoms with Gasteiger partial charge in [-0.05, 0) is 41.5 Å². The van der Waals surface area contributed by atoms with Gasteiger partial charge in [-0.2, -0.15) is 0 Å². The number of nitrogens with zero attached hydrogens (tertiary/aromatic N) is 1. The van der Waals surface area contributed by atoms with E-state index in [0.717, 1.165) is 16.5 Å². The first-order valence-corrected chi connectivity index (χ1v) is 8.79. The van der Waals surface area contributed by atoms with Gasteiger partial charge in [0.2, 0.25) is 11.8 Å². The minimum absolute atomic E-state index is 0.0195. The fraction of sp³-hybridized carbons (Fsp3) is 0.333. The van der Waals surface area contributed by atoms with Gasteiger partial charge in [-0.25, -0.2) is 4.90 Å². The smallest absolute Gasteiger partial charge is 0.238 e. The summed E-state index contributed by atoms with van der Waals surface area (Å²) in [4.78, 5) is 27.9. The molecule has 1 heterocycles. The Morgan fingerprint density at radius 1 is 0.792 bits per heavy atom. The fourth-order valence-electron chi connectivity index (χ4n) is 5.60. The molecule has 2 aromatic carbocycles. The number of rotatable bonds is 1. The van der Waals surface area contributed by atoms with E-state index in [0.29, 0.717) is 11.8 Å². The van der Waals surface area contributed by atoms with Crippen molar-refractivity contribution in [1.82, 2.24) is 0 Å². The molecule has 1 aliphatic heterocycles.